The Labute approximate surface area is 147 Å². The molecule has 1 aromatic rings. The highest BCUT2D eigenvalue weighted by Gasteiger charge is 2.41. The molecule has 0 spiro atoms. The molecule has 2 aliphatic rings. The molecule has 1 aromatic heterocycles. The van der Waals surface area contributed by atoms with Crippen molar-refractivity contribution >= 4 is 11.8 Å². The van der Waals surface area contributed by atoms with Gasteiger partial charge < -0.3 is 19.7 Å². The van der Waals surface area contributed by atoms with Crippen LogP contribution in [0.15, 0.2) is 24.4 Å². The van der Waals surface area contributed by atoms with Gasteiger partial charge in [0.1, 0.15) is 0 Å². The molecule has 136 valence electrons. The number of aromatic nitrogens is 1. The first-order valence-electron chi connectivity index (χ1n) is 8.80. The number of ether oxygens (including phenoxy) is 2. The maximum Gasteiger partial charge on any atom is 0.242 e. The lowest BCUT2D eigenvalue weighted by molar-refractivity contribution is -0.139. The number of nitrogens with one attached hydrogen (secondary N) is 1. The smallest absolute Gasteiger partial charge is 0.242 e. The first-order valence-corrected chi connectivity index (χ1v) is 8.80. The lowest BCUT2D eigenvalue weighted by atomic mass is 9.99. The molecule has 2 saturated heterocycles. The minimum atomic E-state index is -0.186. The SMILES string of the molecule is CC(=O)NCC(=O)N1CC[C@@H]2O[C@@H](COCc3ccccn3)CC[C@@H]21. The van der Waals surface area contributed by atoms with Gasteiger partial charge in [0, 0.05) is 19.7 Å². The molecule has 0 saturated carbocycles. The topological polar surface area (TPSA) is 80.8 Å². The van der Waals surface area contributed by atoms with Crippen molar-refractivity contribution in [3.05, 3.63) is 30.1 Å². The molecule has 2 aliphatic heterocycles. The molecule has 7 heteroatoms. The Bertz CT molecular complexity index is 595. The average Bonchev–Trinajstić information content (AvgIpc) is 3.04. The zero-order valence-electron chi connectivity index (χ0n) is 14.5. The third-order valence-electron chi connectivity index (χ3n) is 4.72. The third kappa shape index (κ3) is 4.76. The number of likely N-dealkylation sites (tertiary alicyclic amines) is 1. The minimum absolute atomic E-state index is 0.0313. The molecule has 3 atom stereocenters. The van der Waals surface area contributed by atoms with Crippen LogP contribution in [0.1, 0.15) is 31.9 Å². The summed E-state index contributed by atoms with van der Waals surface area (Å²) >= 11 is 0. The van der Waals surface area contributed by atoms with Gasteiger partial charge in [0.15, 0.2) is 0 Å². The van der Waals surface area contributed by atoms with E-state index in [1.807, 2.05) is 23.1 Å². The summed E-state index contributed by atoms with van der Waals surface area (Å²) < 4.78 is 11.9. The van der Waals surface area contributed by atoms with E-state index in [1.54, 1.807) is 6.20 Å². The predicted octanol–water partition coefficient (Wildman–Crippen LogP) is 0.883. The van der Waals surface area contributed by atoms with E-state index in [1.165, 1.54) is 6.92 Å². The van der Waals surface area contributed by atoms with Crippen LogP contribution in [0, 0.1) is 0 Å². The number of amides is 2. The molecule has 0 bridgehead atoms. The number of nitrogens with zero attached hydrogens (tertiary/aromatic N) is 2. The van der Waals surface area contributed by atoms with Crippen LogP contribution in [-0.4, -0.2) is 59.6 Å². The lowest BCUT2D eigenvalue weighted by Crippen LogP contribution is -2.48. The van der Waals surface area contributed by atoms with Crippen molar-refractivity contribution in [1.82, 2.24) is 15.2 Å². The van der Waals surface area contributed by atoms with Gasteiger partial charge in [-0.2, -0.15) is 0 Å². The largest absolute Gasteiger partial charge is 0.372 e. The van der Waals surface area contributed by atoms with Crippen LogP contribution in [0.2, 0.25) is 0 Å². The van der Waals surface area contributed by atoms with Crippen LogP contribution in [0.5, 0.6) is 0 Å². The van der Waals surface area contributed by atoms with E-state index in [9.17, 15) is 9.59 Å². The van der Waals surface area contributed by atoms with Gasteiger partial charge in [0.25, 0.3) is 0 Å². The number of rotatable bonds is 6. The van der Waals surface area contributed by atoms with Crippen LogP contribution in [0.3, 0.4) is 0 Å². The molecule has 1 N–H and O–H groups in total. The fourth-order valence-electron chi connectivity index (χ4n) is 3.51. The summed E-state index contributed by atoms with van der Waals surface area (Å²) in [5.74, 6) is -0.217. The van der Waals surface area contributed by atoms with E-state index in [-0.39, 0.29) is 36.6 Å². The van der Waals surface area contributed by atoms with Crippen LogP contribution in [-0.2, 0) is 25.7 Å². The van der Waals surface area contributed by atoms with Gasteiger partial charge in [0.2, 0.25) is 11.8 Å². The quantitative estimate of drug-likeness (QED) is 0.826. The molecule has 3 heterocycles. The van der Waals surface area contributed by atoms with E-state index in [0.717, 1.165) is 25.0 Å². The molecule has 2 amide bonds. The van der Waals surface area contributed by atoms with Crippen molar-refractivity contribution < 1.29 is 19.1 Å². The van der Waals surface area contributed by atoms with E-state index in [0.29, 0.717) is 19.8 Å². The molecule has 2 fully saturated rings. The van der Waals surface area contributed by atoms with Gasteiger partial charge in [-0.05, 0) is 31.4 Å². The van der Waals surface area contributed by atoms with Gasteiger partial charge in [-0.15, -0.1) is 0 Å². The van der Waals surface area contributed by atoms with Crippen molar-refractivity contribution in [1.29, 1.82) is 0 Å². The predicted molar refractivity (Wildman–Crippen MR) is 90.6 cm³/mol. The fraction of sp³-hybridized carbons (Fsp3) is 0.611. The van der Waals surface area contributed by atoms with Gasteiger partial charge >= 0.3 is 0 Å². The van der Waals surface area contributed by atoms with E-state index >= 15 is 0 Å². The van der Waals surface area contributed by atoms with E-state index in [4.69, 9.17) is 9.47 Å². The van der Waals surface area contributed by atoms with Gasteiger partial charge in [-0.1, -0.05) is 6.07 Å². The highest BCUT2D eigenvalue weighted by molar-refractivity contribution is 5.84. The molecular formula is C18H25N3O4. The van der Waals surface area contributed by atoms with Crippen molar-refractivity contribution in [2.75, 3.05) is 19.7 Å². The number of hydrogen-bond acceptors (Lipinski definition) is 5. The van der Waals surface area contributed by atoms with E-state index in [2.05, 4.69) is 10.3 Å². The summed E-state index contributed by atoms with van der Waals surface area (Å²) in [6.07, 6.45) is 4.51. The Balaban J connectivity index is 1.42. The monoisotopic (exact) mass is 347 g/mol. The fourth-order valence-corrected chi connectivity index (χ4v) is 3.51. The third-order valence-corrected chi connectivity index (χ3v) is 4.72. The zero-order valence-corrected chi connectivity index (χ0v) is 14.5. The van der Waals surface area contributed by atoms with Crippen molar-refractivity contribution in [2.45, 2.75) is 51.0 Å². The summed E-state index contributed by atoms with van der Waals surface area (Å²) in [6.45, 7) is 3.19. The minimum Gasteiger partial charge on any atom is -0.372 e. The summed E-state index contributed by atoms with van der Waals surface area (Å²) in [6, 6.07) is 5.88. The maximum atomic E-state index is 12.2. The average molecular weight is 347 g/mol. The lowest BCUT2D eigenvalue weighted by Gasteiger charge is -2.35. The summed E-state index contributed by atoms with van der Waals surface area (Å²) in [5, 5.41) is 2.57. The van der Waals surface area contributed by atoms with Crippen molar-refractivity contribution in [2.24, 2.45) is 0 Å². The highest BCUT2D eigenvalue weighted by Crippen LogP contribution is 2.31. The first-order chi connectivity index (χ1) is 12.1. The highest BCUT2D eigenvalue weighted by atomic mass is 16.5. The second-order valence-electron chi connectivity index (χ2n) is 6.56. The molecule has 0 aliphatic carbocycles. The number of fused-ring (bicyclic) bond motifs is 1. The number of carbonyl (C=O) groups excluding carboxylic acids is 2. The second-order valence-corrected chi connectivity index (χ2v) is 6.56. The molecular weight excluding hydrogens is 322 g/mol. The summed E-state index contributed by atoms with van der Waals surface area (Å²) in [4.78, 5) is 29.3. The number of hydrogen-bond donors (Lipinski definition) is 1. The second kappa shape index (κ2) is 8.40. The maximum absolute atomic E-state index is 12.2. The van der Waals surface area contributed by atoms with Crippen LogP contribution in [0.4, 0.5) is 0 Å². The zero-order chi connectivity index (χ0) is 17.6. The molecule has 7 nitrogen and oxygen atoms in total. The van der Waals surface area contributed by atoms with Crippen LogP contribution >= 0.6 is 0 Å². The van der Waals surface area contributed by atoms with Crippen LogP contribution < -0.4 is 5.32 Å². The standard InChI is InChI=1S/C18H25N3O4/c1-13(22)20-10-18(23)21-9-7-17-16(21)6-5-15(25-17)12-24-11-14-4-2-3-8-19-14/h2-4,8,15-17H,5-7,9-12H2,1H3,(H,20,22)/t15-,16+,17+/m1/s1. The Kier molecular flexibility index (Phi) is 5.99. The molecule has 25 heavy (non-hydrogen) atoms. The van der Waals surface area contributed by atoms with Gasteiger partial charge in [-0.3, -0.25) is 14.6 Å². The van der Waals surface area contributed by atoms with Gasteiger partial charge in [0.05, 0.1) is 43.7 Å². The summed E-state index contributed by atoms with van der Waals surface area (Å²) in [5.41, 5.74) is 0.909. The molecule has 0 radical (unpaired) electrons. The molecule has 0 unspecified atom stereocenters. The Morgan fingerprint density at radius 3 is 3.00 bits per heavy atom. The van der Waals surface area contributed by atoms with Crippen LogP contribution in [0.25, 0.3) is 0 Å². The summed E-state index contributed by atoms with van der Waals surface area (Å²) in [7, 11) is 0. The van der Waals surface area contributed by atoms with E-state index < -0.39 is 0 Å². The molecule has 0 aromatic carbocycles. The normalized spacial score (nSPS) is 25.5. The Morgan fingerprint density at radius 2 is 2.24 bits per heavy atom. The molecule has 3 rings (SSSR count). The van der Waals surface area contributed by atoms with Gasteiger partial charge in [-0.25, -0.2) is 0 Å². The Hall–Kier alpha value is -1.99. The first kappa shape index (κ1) is 17.8. The Morgan fingerprint density at radius 1 is 1.36 bits per heavy atom. The number of pyridine rings is 1. The number of carbonyl (C=O) groups is 2. The van der Waals surface area contributed by atoms with Crippen molar-refractivity contribution in [3.63, 3.8) is 0 Å². The van der Waals surface area contributed by atoms with Crippen molar-refractivity contribution in [3.8, 4) is 0 Å².